The Morgan fingerprint density at radius 1 is 1.19 bits per heavy atom. The van der Waals surface area contributed by atoms with Crippen LogP contribution in [-0.2, 0) is 14.0 Å². The number of hydrogen-bond donors (Lipinski definition) is 1. The maximum atomic E-state index is 13.1. The molecule has 0 bridgehead atoms. The number of benzene rings is 1. The summed E-state index contributed by atoms with van der Waals surface area (Å²) in [5.74, 6) is -0.639. The highest BCUT2D eigenvalue weighted by Crippen LogP contribution is 2.37. The number of carbonyl (C=O) groups is 1. The monoisotopic (exact) mass is 452 g/mol. The molecule has 1 aromatic rings. The molecule has 1 aromatic carbocycles. The highest BCUT2D eigenvalue weighted by molar-refractivity contribution is 6.74. The predicted molar refractivity (Wildman–Crippen MR) is 121 cm³/mol. The minimum atomic E-state index is -1.94. The number of rotatable bonds is 10. The molecule has 10 heteroatoms. The third-order valence-corrected chi connectivity index (χ3v) is 9.95. The number of carbonyl (C=O) groups excluding carboxylic acids is 1. The molecule has 0 spiro atoms. The first-order valence-corrected chi connectivity index (χ1v) is 12.8. The van der Waals surface area contributed by atoms with Crippen LogP contribution >= 0.6 is 0 Å². The van der Waals surface area contributed by atoms with Crippen LogP contribution < -0.4 is 14.4 Å². The minimum absolute atomic E-state index is 0.0639. The molecule has 0 aliphatic carbocycles. The normalized spacial score (nSPS) is 12.5. The van der Waals surface area contributed by atoms with E-state index in [0.717, 1.165) is 7.11 Å². The van der Waals surface area contributed by atoms with Crippen molar-refractivity contribution in [1.82, 2.24) is 0 Å². The molecule has 1 amide bonds. The summed E-state index contributed by atoms with van der Waals surface area (Å²) < 4.78 is 21.6. The lowest BCUT2D eigenvalue weighted by molar-refractivity contribution is -0.115. The van der Waals surface area contributed by atoms with Crippen molar-refractivity contribution in [3.63, 3.8) is 0 Å². The van der Waals surface area contributed by atoms with Gasteiger partial charge in [-0.1, -0.05) is 20.8 Å². The Bertz CT molecular complexity index is 842. The summed E-state index contributed by atoms with van der Waals surface area (Å²) in [6.45, 7) is 11.4. The molecule has 0 unspecified atom stereocenters. The van der Waals surface area contributed by atoms with Gasteiger partial charge in [0.1, 0.15) is 11.5 Å². The quantitative estimate of drug-likeness (QED) is 0.181. The molecular weight excluding hydrogens is 418 g/mol. The van der Waals surface area contributed by atoms with Crippen LogP contribution in [0.3, 0.4) is 0 Å². The van der Waals surface area contributed by atoms with Crippen LogP contribution in [0.25, 0.3) is 4.98 Å². The number of aliphatic hydroxyl groups is 1. The molecular formula is C21H34N3O6Si+. The second-order valence-electron chi connectivity index (χ2n) is 8.41. The molecule has 172 valence electrons. The Morgan fingerprint density at radius 2 is 1.84 bits per heavy atom. The Morgan fingerprint density at radius 3 is 2.32 bits per heavy atom. The molecule has 1 N–H and O–H groups in total. The van der Waals surface area contributed by atoms with Crippen molar-refractivity contribution in [2.45, 2.75) is 45.3 Å². The number of ether oxygens (including phenoxy) is 3. The fourth-order valence-electron chi connectivity index (χ4n) is 2.51. The van der Waals surface area contributed by atoms with E-state index in [9.17, 15) is 15.3 Å². The molecule has 0 heterocycles. The maximum Gasteiger partial charge on any atom is 0.527 e. The first-order chi connectivity index (χ1) is 14.4. The lowest BCUT2D eigenvalue weighted by Gasteiger charge is -2.36. The number of amides is 1. The zero-order valence-corrected chi connectivity index (χ0v) is 20.7. The van der Waals surface area contributed by atoms with Crippen molar-refractivity contribution in [2.75, 3.05) is 39.4 Å². The number of aliphatic hydroxyl groups excluding tert-OH is 1. The minimum Gasteiger partial charge on any atom is -0.497 e. The highest BCUT2D eigenvalue weighted by Gasteiger charge is 2.38. The average molecular weight is 453 g/mol. The SMILES string of the molecule is CO/C(O)=C(/[N+]#N)C(=O)N(CCCO[Si](C)(C)C(C)(C)C)c1cc(OC)ccc1OC. The Labute approximate surface area is 185 Å². The Balaban J connectivity index is 3.25. The van der Waals surface area contributed by atoms with E-state index in [0.29, 0.717) is 30.2 Å². The molecule has 0 saturated carbocycles. The van der Waals surface area contributed by atoms with Crippen LogP contribution in [0.2, 0.25) is 18.1 Å². The van der Waals surface area contributed by atoms with Gasteiger partial charge in [-0.05, 0) is 36.7 Å². The maximum absolute atomic E-state index is 13.1. The van der Waals surface area contributed by atoms with E-state index in [1.807, 2.05) is 0 Å². The van der Waals surface area contributed by atoms with E-state index < -0.39 is 25.9 Å². The lowest BCUT2D eigenvalue weighted by atomic mass is 10.2. The molecule has 0 fully saturated rings. The van der Waals surface area contributed by atoms with E-state index in [2.05, 4.69) is 43.6 Å². The molecule has 31 heavy (non-hydrogen) atoms. The standard InChI is InChI=1S/C21H33N3O6Si/c1-21(2,3)31(7,8)30-13-9-12-24(19(25)18(23-22)20(26)29-6)16-14-15(27-4)10-11-17(16)28-5/h10-11,14H,9,12-13H2,1-8H3/p+1. The van der Waals surface area contributed by atoms with Crippen LogP contribution in [0, 0.1) is 5.39 Å². The molecule has 0 aliphatic heterocycles. The van der Waals surface area contributed by atoms with E-state index in [-0.39, 0.29) is 11.6 Å². The molecule has 0 aliphatic rings. The van der Waals surface area contributed by atoms with Gasteiger partial charge in [-0.25, -0.2) is 0 Å². The Hall–Kier alpha value is -2.77. The van der Waals surface area contributed by atoms with Crippen LogP contribution in [0.15, 0.2) is 29.8 Å². The number of anilines is 1. The van der Waals surface area contributed by atoms with Crippen molar-refractivity contribution in [1.29, 1.82) is 5.39 Å². The van der Waals surface area contributed by atoms with Gasteiger partial charge in [-0.15, -0.1) is 0 Å². The summed E-state index contributed by atoms with van der Waals surface area (Å²) in [4.78, 5) is 17.4. The molecule has 0 aromatic heterocycles. The predicted octanol–water partition coefficient (Wildman–Crippen LogP) is 4.68. The third-order valence-electron chi connectivity index (χ3n) is 5.42. The molecule has 0 saturated heterocycles. The summed E-state index contributed by atoms with van der Waals surface area (Å²) in [6.07, 6.45) is 0.505. The zero-order chi connectivity index (χ0) is 23.8. The fourth-order valence-corrected chi connectivity index (χ4v) is 3.59. The second kappa shape index (κ2) is 11.0. The fraction of sp³-hybridized carbons (Fsp3) is 0.571. The number of hydrogen-bond acceptors (Lipinski definition) is 7. The van der Waals surface area contributed by atoms with Crippen molar-refractivity contribution >= 4 is 19.9 Å². The Kier molecular flexibility index (Phi) is 9.33. The van der Waals surface area contributed by atoms with Crippen LogP contribution in [0.4, 0.5) is 5.69 Å². The van der Waals surface area contributed by atoms with Gasteiger partial charge in [0, 0.05) is 19.2 Å². The van der Waals surface area contributed by atoms with Crippen molar-refractivity contribution in [3.8, 4) is 11.5 Å². The summed E-state index contributed by atoms with van der Waals surface area (Å²) in [7, 11) is 2.21. The number of methoxy groups -OCH3 is 3. The second-order valence-corrected chi connectivity index (χ2v) is 13.2. The van der Waals surface area contributed by atoms with E-state index in [4.69, 9.17) is 13.9 Å². The van der Waals surface area contributed by atoms with Gasteiger partial charge in [0.15, 0.2) is 13.3 Å². The van der Waals surface area contributed by atoms with Crippen molar-refractivity contribution < 1.29 is 28.5 Å². The van der Waals surface area contributed by atoms with Gasteiger partial charge < -0.3 is 23.7 Å². The summed E-state index contributed by atoms with van der Waals surface area (Å²) in [6, 6.07) is 4.99. The summed E-state index contributed by atoms with van der Waals surface area (Å²) in [5, 5.41) is 19.2. The summed E-state index contributed by atoms with van der Waals surface area (Å²) >= 11 is 0. The topological polar surface area (TPSA) is 106 Å². The number of diazo groups is 1. The lowest BCUT2D eigenvalue weighted by Crippen LogP contribution is -2.41. The molecule has 0 radical (unpaired) electrons. The van der Waals surface area contributed by atoms with Crippen molar-refractivity contribution in [3.05, 3.63) is 34.8 Å². The van der Waals surface area contributed by atoms with E-state index in [1.54, 1.807) is 18.2 Å². The van der Waals surface area contributed by atoms with Crippen molar-refractivity contribution in [2.24, 2.45) is 0 Å². The van der Waals surface area contributed by atoms with E-state index in [1.165, 1.54) is 19.1 Å². The first-order valence-electron chi connectivity index (χ1n) is 9.93. The highest BCUT2D eigenvalue weighted by atomic mass is 28.4. The van der Waals surface area contributed by atoms with E-state index >= 15 is 0 Å². The molecule has 0 atom stereocenters. The van der Waals surface area contributed by atoms with Crippen LogP contribution in [-0.4, -0.2) is 53.8 Å². The smallest absolute Gasteiger partial charge is 0.497 e. The number of nitrogens with zero attached hydrogens (tertiary/aromatic N) is 3. The van der Waals surface area contributed by atoms with Gasteiger partial charge in [-0.3, -0.25) is 9.69 Å². The summed E-state index contributed by atoms with van der Waals surface area (Å²) in [5.41, 5.74) is -0.234. The van der Waals surface area contributed by atoms with Gasteiger partial charge in [0.2, 0.25) is 5.39 Å². The van der Waals surface area contributed by atoms with Crippen LogP contribution in [0.5, 0.6) is 11.5 Å². The van der Waals surface area contributed by atoms with Gasteiger partial charge in [-0.2, -0.15) is 0 Å². The first kappa shape index (κ1) is 26.3. The van der Waals surface area contributed by atoms with Gasteiger partial charge >= 0.3 is 17.5 Å². The van der Waals surface area contributed by atoms with Crippen LogP contribution in [0.1, 0.15) is 27.2 Å². The largest absolute Gasteiger partial charge is 0.527 e. The molecule has 1 rings (SSSR count). The van der Waals surface area contributed by atoms with Gasteiger partial charge in [0.25, 0.3) is 0 Å². The third kappa shape index (κ3) is 6.60. The zero-order valence-electron chi connectivity index (χ0n) is 19.7. The van der Waals surface area contributed by atoms with Gasteiger partial charge in [0.05, 0.1) is 27.0 Å². The molecule has 9 nitrogen and oxygen atoms in total. The average Bonchev–Trinajstić information content (AvgIpc) is 2.72.